The molecule has 0 spiro atoms. The summed E-state index contributed by atoms with van der Waals surface area (Å²) in [6.45, 7) is -0.587. The van der Waals surface area contributed by atoms with Gasteiger partial charge in [0.1, 0.15) is 12.2 Å². The number of hydrogen-bond donors (Lipinski definition) is 5. The number of nitrogens with two attached hydrogens (primary N) is 1. The summed E-state index contributed by atoms with van der Waals surface area (Å²) < 4.78 is 0.0422. The molecule has 0 aromatic heterocycles. The van der Waals surface area contributed by atoms with Crippen molar-refractivity contribution in [3.05, 3.63) is 0 Å². The second-order valence-corrected chi connectivity index (χ2v) is 6.22. The van der Waals surface area contributed by atoms with Gasteiger partial charge in [0.15, 0.2) is 0 Å². The van der Waals surface area contributed by atoms with Crippen molar-refractivity contribution in [2.24, 2.45) is 5.73 Å². The number of hydrogen-bond acceptors (Lipinski definition) is 7. The highest BCUT2D eigenvalue weighted by Gasteiger charge is 2.35. The molecule has 1 aliphatic heterocycles. The Hall–Kier alpha value is 0.500. The van der Waals surface area contributed by atoms with Gasteiger partial charge >= 0.3 is 0 Å². The van der Waals surface area contributed by atoms with Gasteiger partial charge < -0.3 is 26.2 Å². The summed E-state index contributed by atoms with van der Waals surface area (Å²) in [7, 11) is 0. The second kappa shape index (κ2) is 6.29. The van der Waals surface area contributed by atoms with Crippen LogP contribution in [0.3, 0.4) is 0 Å². The van der Waals surface area contributed by atoms with Gasteiger partial charge in [0.2, 0.25) is 0 Å². The third kappa shape index (κ3) is 3.48. The lowest BCUT2D eigenvalue weighted by molar-refractivity contribution is -0.0817. The lowest BCUT2D eigenvalue weighted by Crippen LogP contribution is -2.52. The summed E-state index contributed by atoms with van der Waals surface area (Å²) in [5.41, 5.74) is 5.77. The average molecular weight is 255 g/mol. The van der Waals surface area contributed by atoms with E-state index in [-0.39, 0.29) is 4.58 Å². The molecule has 0 aromatic carbocycles. The van der Waals surface area contributed by atoms with Gasteiger partial charge in [0.05, 0.1) is 23.3 Å². The third-order valence-corrected chi connectivity index (χ3v) is 5.53. The molecule has 0 saturated carbocycles. The normalized spacial score (nSPS) is 26.2. The Morgan fingerprint density at radius 2 is 1.67 bits per heavy atom. The molecule has 15 heavy (non-hydrogen) atoms. The maximum Gasteiger partial charge on any atom is 0.110 e. The van der Waals surface area contributed by atoms with Crippen molar-refractivity contribution in [2.75, 3.05) is 18.1 Å². The van der Waals surface area contributed by atoms with E-state index in [9.17, 15) is 10.2 Å². The quantitative estimate of drug-likeness (QED) is 0.394. The Labute approximate surface area is 97.1 Å². The first-order valence-electron chi connectivity index (χ1n) is 4.71. The molecule has 90 valence electrons. The summed E-state index contributed by atoms with van der Waals surface area (Å²) in [6.07, 6.45) is -3.95. The molecule has 1 saturated heterocycles. The summed E-state index contributed by atoms with van der Waals surface area (Å²) >= 11 is 3.28. The zero-order valence-corrected chi connectivity index (χ0v) is 9.82. The van der Waals surface area contributed by atoms with Crippen LogP contribution >= 0.6 is 23.5 Å². The van der Waals surface area contributed by atoms with Crippen LogP contribution in [0.5, 0.6) is 0 Å². The maximum atomic E-state index is 9.68. The Morgan fingerprint density at radius 3 is 2.13 bits per heavy atom. The predicted octanol–water partition coefficient (Wildman–Crippen LogP) is -1.81. The molecule has 7 heteroatoms. The fourth-order valence-electron chi connectivity index (χ4n) is 1.32. The third-order valence-electron chi connectivity index (χ3n) is 2.29. The summed E-state index contributed by atoms with van der Waals surface area (Å²) in [5, 5.41) is 36.9. The minimum Gasteiger partial charge on any atom is -0.394 e. The van der Waals surface area contributed by atoms with Gasteiger partial charge in [-0.15, -0.1) is 23.5 Å². The molecule has 4 atom stereocenters. The summed E-state index contributed by atoms with van der Waals surface area (Å²) in [6, 6.07) is -0.598. The smallest absolute Gasteiger partial charge is 0.110 e. The molecule has 1 aliphatic rings. The van der Waals surface area contributed by atoms with Crippen molar-refractivity contribution in [2.45, 2.75) is 28.9 Å². The van der Waals surface area contributed by atoms with Crippen molar-refractivity contribution in [1.29, 1.82) is 0 Å². The Morgan fingerprint density at radius 1 is 1.13 bits per heavy atom. The summed E-state index contributed by atoms with van der Waals surface area (Å²) in [5.74, 6) is 1.96. The Kier molecular flexibility index (Phi) is 5.69. The van der Waals surface area contributed by atoms with Crippen LogP contribution in [0.2, 0.25) is 0 Å². The maximum absolute atomic E-state index is 9.68. The van der Waals surface area contributed by atoms with Crippen LogP contribution in [0.1, 0.15) is 0 Å². The molecule has 0 radical (unpaired) electrons. The number of thioether (sulfide) groups is 2. The monoisotopic (exact) mass is 255 g/mol. The van der Waals surface area contributed by atoms with Crippen LogP contribution in [-0.2, 0) is 0 Å². The van der Waals surface area contributed by atoms with Crippen LogP contribution in [0.15, 0.2) is 0 Å². The molecule has 6 N–H and O–H groups in total. The molecule has 4 unspecified atom stereocenters. The molecular formula is C8H17NO4S2. The first-order valence-corrected chi connectivity index (χ1v) is 6.81. The average Bonchev–Trinajstić information content (AvgIpc) is 2.78. The van der Waals surface area contributed by atoms with Crippen LogP contribution in [0.4, 0.5) is 0 Å². The highest BCUT2D eigenvalue weighted by atomic mass is 32.2. The topological polar surface area (TPSA) is 107 Å². The largest absolute Gasteiger partial charge is 0.394 e. The Balaban J connectivity index is 2.46. The SMILES string of the molecule is NC(C1SCCS1)C(O)C(O)C(O)CO. The highest BCUT2D eigenvalue weighted by molar-refractivity contribution is 8.20. The van der Waals surface area contributed by atoms with Gasteiger partial charge in [-0.25, -0.2) is 0 Å². The predicted molar refractivity (Wildman–Crippen MR) is 61.8 cm³/mol. The Bertz CT molecular complexity index is 191. The fraction of sp³-hybridized carbons (Fsp3) is 1.00. The molecule has 5 nitrogen and oxygen atoms in total. The van der Waals surface area contributed by atoms with Gasteiger partial charge in [-0.2, -0.15) is 0 Å². The van der Waals surface area contributed by atoms with Crippen LogP contribution < -0.4 is 5.73 Å². The standard InChI is InChI=1S/C8H17NO4S2/c9-5(8-14-1-2-15-8)7(13)6(12)4(11)3-10/h4-8,10-13H,1-3,9H2. The van der Waals surface area contributed by atoms with Crippen LogP contribution in [-0.4, -0.2) is 67.5 Å². The number of rotatable bonds is 5. The van der Waals surface area contributed by atoms with Gasteiger partial charge in [-0.3, -0.25) is 0 Å². The van der Waals surface area contributed by atoms with E-state index in [1.165, 1.54) is 0 Å². The molecular weight excluding hydrogens is 238 g/mol. The van der Waals surface area contributed by atoms with Crippen LogP contribution in [0, 0.1) is 0 Å². The molecule has 0 amide bonds. The number of aliphatic hydroxyl groups is 4. The summed E-state index contributed by atoms with van der Waals surface area (Å²) in [4.78, 5) is 0. The lowest BCUT2D eigenvalue weighted by atomic mass is 10.0. The molecule has 1 rings (SSSR count). The fourth-order valence-corrected chi connectivity index (χ4v) is 4.29. The second-order valence-electron chi connectivity index (χ2n) is 3.42. The minimum atomic E-state index is -1.40. The zero-order chi connectivity index (χ0) is 11.4. The highest BCUT2D eigenvalue weighted by Crippen LogP contribution is 2.35. The van der Waals surface area contributed by atoms with Crippen molar-refractivity contribution in [3.63, 3.8) is 0 Å². The molecule has 0 aliphatic carbocycles. The van der Waals surface area contributed by atoms with E-state index >= 15 is 0 Å². The zero-order valence-electron chi connectivity index (χ0n) is 8.19. The van der Waals surface area contributed by atoms with E-state index in [1.807, 2.05) is 0 Å². The van der Waals surface area contributed by atoms with Crippen molar-refractivity contribution in [3.8, 4) is 0 Å². The first kappa shape index (κ1) is 13.6. The first-order chi connectivity index (χ1) is 7.07. The van der Waals surface area contributed by atoms with E-state index < -0.39 is 31.0 Å². The minimum absolute atomic E-state index is 0.0422. The van der Waals surface area contributed by atoms with E-state index in [1.54, 1.807) is 23.5 Å². The molecule has 0 aromatic rings. The van der Waals surface area contributed by atoms with Gasteiger partial charge in [-0.1, -0.05) is 0 Å². The number of aliphatic hydroxyl groups excluding tert-OH is 4. The van der Waals surface area contributed by atoms with Gasteiger partial charge in [-0.05, 0) is 0 Å². The van der Waals surface area contributed by atoms with Crippen molar-refractivity contribution >= 4 is 23.5 Å². The molecule has 1 heterocycles. The van der Waals surface area contributed by atoms with E-state index in [2.05, 4.69) is 0 Å². The van der Waals surface area contributed by atoms with Gasteiger partial charge in [0.25, 0.3) is 0 Å². The van der Waals surface area contributed by atoms with E-state index in [0.717, 1.165) is 11.5 Å². The van der Waals surface area contributed by atoms with Gasteiger partial charge in [0, 0.05) is 11.5 Å². The van der Waals surface area contributed by atoms with E-state index in [0.29, 0.717) is 0 Å². The van der Waals surface area contributed by atoms with Crippen molar-refractivity contribution < 1.29 is 20.4 Å². The van der Waals surface area contributed by atoms with E-state index in [4.69, 9.17) is 15.9 Å². The van der Waals surface area contributed by atoms with Crippen molar-refractivity contribution in [1.82, 2.24) is 0 Å². The molecule has 1 fully saturated rings. The van der Waals surface area contributed by atoms with Crippen LogP contribution in [0.25, 0.3) is 0 Å². The lowest BCUT2D eigenvalue weighted by Gasteiger charge is -2.29. The molecule has 0 bridgehead atoms.